The number of esters is 1. The van der Waals surface area contributed by atoms with Crippen molar-refractivity contribution in [3.05, 3.63) is 83.4 Å². The molecule has 42 heavy (non-hydrogen) atoms. The zero-order valence-corrected chi connectivity index (χ0v) is 24.3. The Hall–Kier alpha value is -4.46. The molecule has 5 N–H and O–H groups in total. The van der Waals surface area contributed by atoms with Crippen molar-refractivity contribution >= 4 is 29.4 Å². The van der Waals surface area contributed by atoms with Crippen LogP contribution < -0.4 is 25.7 Å². The largest absolute Gasteiger partial charge is 0.494 e. The maximum atomic E-state index is 12.2. The average Bonchev–Trinajstić information content (AvgIpc) is 2.97. The van der Waals surface area contributed by atoms with Crippen LogP contribution in [-0.2, 0) is 11.2 Å². The third-order valence-electron chi connectivity index (χ3n) is 6.73. The van der Waals surface area contributed by atoms with E-state index in [-0.39, 0.29) is 5.56 Å². The molecule has 0 aliphatic rings. The second-order valence-electron chi connectivity index (χ2n) is 10.2. The van der Waals surface area contributed by atoms with Crippen LogP contribution in [0.5, 0.6) is 17.2 Å². The molecule has 3 rings (SSSR count). The van der Waals surface area contributed by atoms with E-state index in [9.17, 15) is 14.7 Å². The quantitative estimate of drug-likeness (QED) is 0.0473. The molecular weight excluding hydrogens is 532 g/mol. The Morgan fingerprint density at radius 3 is 1.98 bits per heavy atom. The van der Waals surface area contributed by atoms with Gasteiger partial charge in [-0.2, -0.15) is 0 Å². The summed E-state index contributed by atoms with van der Waals surface area (Å²) in [5.41, 5.74) is 14.2. The van der Waals surface area contributed by atoms with E-state index < -0.39 is 11.9 Å². The Labute approximate surface area is 248 Å². The fourth-order valence-corrected chi connectivity index (χ4v) is 4.45. The van der Waals surface area contributed by atoms with E-state index in [0.717, 1.165) is 68.4 Å². The van der Waals surface area contributed by atoms with E-state index in [1.54, 1.807) is 36.4 Å². The van der Waals surface area contributed by atoms with Gasteiger partial charge in [0.15, 0.2) is 0 Å². The second kappa shape index (κ2) is 17.4. The van der Waals surface area contributed by atoms with Gasteiger partial charge in [0.1, 0.15) is 17.2 Å². The predicted octanol–water partition coefficient (Wildman–Crippen LogP) is 7.31. The predicted molar refractivity (Wildman–Crippen MR) is 167 cm³/mol. The van der Waals surface area contributed by atoms with Gasteiger partial charge in [0, 0.05) is 17.5 Å². The molecule has 3 aromatic rings. The average molecular weight is 575 g/mol. The van der Waals surface area contributed by atoms with E-state index in [2.05, 4.69) is 6.92 Å². The van der Waals surface area contributed by atoms with Crippen LogP contribution in [0.4, 0.5) is 11.4 Å². The summed E-state index contributed by atoms with van der Waals surface area (Å²) in [4.78, 5) is 23.7. The van der Waals surface area contributed by atoms with Gasteiger partial charge in [-0.05, 0) is 91.4 Å². The highest BCUT2D eigenvalue weighted by atomic mass is 16.5. The van der Waals surface area contributed by atoms with Crippen molar-refractivity contribution in [2.24, 2.45) is 0 Å². The van der Waals surface area contributed by atoms with Crippen molar-refractivity contribution in [1.82, 2.24) is 0 Å². The molecule has 3 aromatic carbocycles. The fraction of sp³-hybridized carbons (Fsp3) is 0.353. The van der Waals surface area contributed by atoms with Crippen molar-refractivity contribution in [2.75, 3.05) is 24.7 Å². The first-order chi connectivity index (χ1) is 20.4. The van der Waals surface area contributed by atoms with Gasteiger partial charge >= 0.3 is 11.9 Å². The lowest BCUT2D eigenvalue weighted by molar-refractivity contribution is -0.128. The lowest BCUT2D eigenvalue weighted by Gasteiger charge is -2.11. The summed E-state index contributed by atoms with van der Waals surface area (Å²) in [7, 11) is 0. The standard InChI is InChI=1S/C34H42N2O6/c1-2-3-8-21-40-28-16-18-29(19-17-28)42-33(37)20-13-25-11-14-27(15-12-25)41-22-9-6-4-5-7-10-30-31(34(38)39)23-26(35)24-32(30)36/h11-20,23-24H,2-10,21-22,35-36H2,1H3,(H,38,39)/b20-13+. The molecule has 0 aromatic heterocycles. The number of ether oxygens (including phenoxy) is 3. The van der Waals surface area contributed by atoms with E-state index in [4.69, 9.17) is 25.7 Å². The van der Waals surface area contributed by atoms with Crippen LogP contribution in [0.15, 0.2) is 66.7 Å². The lowest BCUT2D eigenvalue weighted by Crippen LogP contribution is -2.07. The topological polar surface area (TPSA) is 134 Å². The van der Waals surface area contributed by atoms with Crippen molar-refractivity contribution in [2.45, 2.75) is 64.7 Å². The molecule has 224 valence electrons. The van der Waals surface area contributed by atoms with Crippen LogP contribution in [0.1, 0.15) is 79.8 Å². The summed E-state index contributed by atoms with van der Waals surface area (Å²) < 4.78 is 16.9. The van der Waals surface area contributed by atoms with Crippen LogP contribution in [0.25, 0.3) is 6.08 Å². The molecule has 0 saturated carbocycles. The number of rotatable bonds is 18. The molecule has 0 amide bonds. The smallest absolute Gasteiger partial charge is 0.336 e. The second-order valence-corrected chi connectivity index (χ2v) is 10.2. The minimum atomic E-state index is -1.01. The number of nitrogen functional groups attached to an aromatic ring is 2. The monoisotopic (exact) mass is 574 g/mol. The number of anilines is 2. The summed E-state index contributed by atoms with van der Waals surface area (Å²) in [6, 6.07) is 17.7. The molecule has 0 fully saturated rings. The van der Waals surface area contributed by atoms with Gasteiger partial charge in [0.2, 0.25) is 0 Å². The summed E-state index contributed by atoms with van der Waals surface area (Å²) in [6.07, 6.45) is 11.8. The molecule has 0 saturated heterocycles. The van der Waals surface area contributed by atoms with Gasteiger partial charge in [0.05, 0.1) is 18.8 Å². The third-order valence-corrected chi connectivity index (χ3v) is 6.73. The zero-order valence-electron chi connectivity index (χ0n) is 24.3. The Morgan fingerprint density at radius 2 is 1.33 bits per heavy atom. The normalized spacial score (nSPS) is 11.0. The molecule has 0 bridgehead atoms. The van der Waals surface area contributed by atoms with Crippen LogP contribution >= 0.6 is 0 Å². The summed E-state index contributed by atoms with van der Waals surface area (Å²) in [6.45, 7) is 3.45. The summed E-state index contributed by atoms with van der Waals surface area (Å²) >= 11 is 0. The van der Waals surface area contributed by atoms with Gasteiger partial charge in [-0.1, -0.05) is 51.2 Å². The van der Waals surface area contributed by atoms with Gasteiger partial charge in [-0.25, -0.2) is 9.59 Å². The summed E-state index contributed by atoms with van der Waals surface area (Å²) in [5, 5.41) is 9.41. The minimum absolute atomic E-state index is 0.187. The van der Waals surface area contributed by atoms with Gasteiger partial charge < -0.3 is 30.8 Å². The maximum absolute atomic E-state index is 12.2. The highest BCUT2D eigenvalue weighted by Gasteiger charge is 2.14. The van der Waals surface area contributed by atoms with Crippen molar-refractivity contribution in [3.8, 4) is 17.2 Å². The maximum Gasteiger partial charge on any atom is 0.336 e. The molecular formula is C34H42N2O6. The first-order valence-corrected chi connectivity index (χ1v) is 14.6. The number of carboxylic acid groups (broad SMARTS) is 1. The summed E-state index contributed by atoms with van der Waals surface area (Å²) in [5.74, 6) is 0.539. The highest BCUT2D eigenvalue weighted by molar-refractivity contribution is 5.92. The molecule has 0 aliphatic carbocycles. The minimum Gasteiger partial charge on any atom is -0.494 e. The molecule has 0 atom stereocenters. The number of hydrogen-bond donors (Lipinski definition) is 3. The van der Waals surface area contributed by atoms with Crippen molar-refractivity contribution < 1.29 is 28.9 Å². The van der Waals surface area contributed by atoms with Gasteiger partial charge in [0.25, 0.3) is 0 Å². The van der Waals surface area contributed by atoms with Crippen LogP contribution in [-0.4, -0.2) is 30.3 Å². The SMILES string of the molecule is CCCCCOc1ccc(OC(=O)/C=C/c2ccc(OCCCCCCCc3c(N)cc(N)cc3C(=O)O)cc2)cc1. The molecule has 0 unspecified atom stereocenters. The van der Waals surface area contributed by atoms with Crippen LogP contribution in [0.3, 0.4) is 0 Å². The molecule has 0 heterocycles. The van der Waals surface area contributed by atoms with E-state index in [1.165, 1.54) is 12.1 Å². The molecule has 8 nitrogen and oxygen atoms in total. The Kier molecular flexibility index (Phi) is 13.3. The number of aromatic carboxylic acids is 1. The Bertz CT molecular complexity index is 1300. The van der Waals surface area contributed by atoms with E-state index in [1.807, 2.05) is 24.3 Å². The number of carbonyl (C=O) groups is 2. The number of unbranched alkanes of at least 4 members (excludes halogenated alkanes) is 6. The fourth-order valence-electron chi connectivity index (χ4n) is 4.45. The number of carbonyl (C=O) groups excluding carboxylic acids is 1. The number of carboxylic acids is 1. The molecule has 0 aliphatic heterocycles. The van der Waals surface area contributed by atoms with E-state index in [0.29, 0.717) is 42.3 Å². The van der Waals surface area contributed by atoms with Crippen molar-refractivity contribution in [1.29, 1.82) is 0 Å². The van der Waals surface area contributed by atoms with Gasteiger partial charge in [-0.15, -0.1) is 0 Å². The molecule has 0 radical (unpaired) electrons. The zero-order chi connectivity index (χ0) is 30.2. The Morgan fingerprint density at radius 1 is 0.762 bits per heavy atom. The van der Waals surface area contributed by atoms with Crippen LogP contribution in [0.2, 0.25) is 0 Å². The first kappa shape index (κ1) is 32.1. The van der Waals surface area contributed by atoms with Gasteiger partial charge in [-0.3, -0.25) is 0 Å². The van der Waals surface area contributed by atoms with Crippen LogP contribution in [0, 0.1) is 0 Å². The number of nitrogens with two attached hydrogens (primary N) is 2. The highest BCUT2D eigenvalue weighted by Crippen LogP contribution is 2.24. The van der Waals surface area contributed by atoms with E-state index >= 15 is 0 Å². The first-order valence-electron chi connectivity index (χ1n) is 14.6. The number of hydrogen-bond acceptors (Lipinski definition) is 7. The Balaban J connectivity index is 1.29. The van der Waals surface area contributed by atoms with Crippen molar-refractivity contribution in [3.63, 3.8) is 0 Å². The number of benzene rings is 3. The molecule has 0 spiro atoms. The lowest BCUT2D eigenvalue weighted by atomic mass is 9.98. The molecule has 8 heteroatoms. The third kappa shape index (κ3) is 11.2.